The van der Waals surface area contributed by atoms with Crippen molar-refractivity contribution in [3.8, 4) is 11.5 Å². The van der Waals surface area contributed by atoms with E-state index < -0.39 is 0 Å². The standard InChI is InChI=1S/C18H22O/c1-13-8-6-7-9-17(13)19-15-10-11-16(14(2)12-15)18(3,4)5/h6-12H,1-5H3. The average molecular weight is 254 g/mol. The molecule has 0 saturated heterocycles. The molecule has 0 unspecified atom stereocenters. The Bertz CT molecular complexity index is 576. The third-order valence-electron chi connectivity index (χ3n) is 3.33. The molecule has 0 aliphatic heterocycles. The molecule has 0 amide bonds. The number of benzene rings is 2. The summed E-state index contributed by atoms with van der Waals surface area (Å²) in [4.78, 5) is 0. The molecular weight excluding hydrogens is 232 g/mol. The highest BCUT2D eigenvalue weighted by Crippen LogP contribution is 2.31. The van der Waals surface area contributed by atoms with Gasteiger partial charge in [-0.1, -0.05) is 45.0 Å². The van der Waals surface area contributed by atoms with Crippen LogP contribution in [0.4, 0.5) is 0 Å². The van der Waals surface area contributed by atoms with Crippen LogP contribution in [0.15, 0.2) is 42.5 Å². The molecule has 0 N–H and O–H groups in total. The Labute approximate surface area is 116 Å². The number of hydrogen-bond acceptors (Lipinski definition) is 1. The van der Waals surface area contributed by atoms with E-state index in [0.717, 1.165) is 17.1 Å². The summed E-state index contributed by atoms with van der Waals surface area (Å²) >= 11 is 0. The van der Waals surface area contributed by atoms with Gasteiger partial charge < -0.3 is 4.74 Å². The number of para-hydroxylation sites is 1. The lowest BCUT2D eigenvalue weighted by molar-refractivity contribution is 0.477. The Morgan fingerprint density at radius 1 is 0.842 bits per heavy atom. The predicted molar refractivity (Wildman–Crippen MR) is 81.1 cm³/mol. The lowest BCUT2D eigenvalue weighted by atomic mass is 9.84. The number of aryl methyl sites for hydroxylation is 2. The molecule has 0 fully saturated rings. The second kappa shape index (κ2) is 5.08. The van der Waals surface area contributed by atoms with Gasteiger partial charge in [0.25, 0.3) is 0 Å². The van der Waals surface area contributed by atoms with Gasteiger partial charge in [0.15, 0.2) is 0 Å². The van der Waals surface area contributed by atoms with Gasteiger partial charge in [-0.25, -0.2) is 0 Å². The number of ether oxygens (including phenoxy) is 1. The molecule has 0 heterocycles. The fraction of sp³-hybridized carbons (Fsp3) is 0.333. The van der Waals surface area contributed by atoms with E-state index in [2.05, 4.69) is 58.9 Å². The first-order valence-corrected chi connectivity index (χ1v) is 6.72. The molecule has 0 radical (unpaired) electrons. The molecule has 0 spiro atoms. The Kier molecular flexibility index (Phi) is 3.66. The molecule has 0 atom stereocenters. The summed E-state index contributed by atoms with van der Waals surface area (Å²) in [6.45, 7) is 10.9. The van der Waals surface area contributed by atoms with E-state index >= 15 is 0 Å². The Balaban J connectivity index is 2.29. The summed E-state index contributed by atoms with van der Waals surface area (Å²) in [5.74, 6) is 1.82. The van der Waals surface area contributed by atoms with Crippen molar-refractivity contribution in [2.75, 3.05) is 0 Å². The van der Waals surface area contributed by atoms with Gasteiger partial charge >= 0.3 is 0 Å². The lowest BCUT2D eigenvalue weighted by Crippen LogP contribution is -2.12. The van der Waals surface area contributed by atoms with Crippen molar-refractivity contribution >= 4 is 0 Å². The topological polar surface area (TPSA) is 9.23 Å². The van der Waals surface area contributed by atoms with E-state index in [0.29, 0.717) is 0 Å². The second-order valence-electron chi connectivity index (χ2n) is 6.09. The number of rotatable bonds is 2. The molecular formula is C18H22O. The zero-order valence-electron chi connectivity index (χ0n) is 12.4. The normalized spacial score (nSPS) is 11.4. The van der Waals surface area contributed by atoms with Crippen LogP contribution in [-0.2, 0) is 5.41 Å². The van der Waals surface area contributed by atoms with Crippen LogP contribution in [0.2, 0.25) is 0 Å². The molecule has 0 bridgehead atoms. The molecule has 1 nitrogen and oxygen atoms in total. The highest BCUT2D eigenvalue weighted by atomic mass is 16.5. The quantitative estimate of drug-likeness (QED) is 0.697. The maximum absolute atomic E-state index is 5.96. The maximum atomic E-state index is 5.96. The minimum Gasteiger partial charge on any atom is -0.457 e. The van der Waals surface area contributed by atoms with E-state index in [1.165, 1.54) is 11.1 Å². The van der Waals surface area contributed by atoms with Gasteiger partial charge in [0.05, 0.1) is 0 Å². The zero-order valence-corrected chi connectivity index (χ0v) is 12.4. The van der Waals surface area contributed by atoms with Gasteiger partial charge in [-0.3, -0.25) is 0 Å². The monoisotopic (exact) mass is 254 g/mol. The Morgan fingerprint density at radius 3 is 2.11 bits per heavy atom. The molecule has 100 valence electrons. The minimum absolute atomic E-state index is 0.172. The van der Waals surface area contributed by atoms with Gasteiger partial charge in [0, 0.05) is 0 Å². The van der Waals surface area contributed by atoms with Crippen molar-refractivity contribution < 1.29 is 4.74 Å². The maximum Gasteiger partial charge on any atom is 0.130 e. The van der Waals surface area contributed by atoms with Gasteiger partial charge in [0.2, 0.25) is 0 Å². The van der Waals surface area contributed by atoms with Crippen LogP contribution in [0.3, 0.4) is 0 Å². The van der Waals surface area contributed by atoms with Crippen molar-refractivity contribution in [2.45, 2.75) is 40.0 Å². The van der Waals surface area contributed by atoms with Crippen LogP contribution in [-0.4, -0.2) is 0 Å². The molecule has 0 aliphatic carbocycles. The first kappa shape index (κ1) is 13.7. The van der Waals surface area contributed by atoms with Crippen LogP contribution in [0.25, 0.3) is 0 Å². The Morgan fingerprint density at radius 2 is 1.53 bits per heavy atom. The van der Waals surface area contributed by atoms with E-state index in [9.17, 15) is 0 Å². The summed E-state index contributed by atoms with van der Waals surface area (Å²) in [7, 11) is 0. The van der Waals surface area contributed by atoms with Crippen LogP contribution in [0, 0.1) is 13.8 Å². The molecule has 0 aromatic heterocycles. The first-order chi connectivity index (χ1) is 8.88. The van der Waals surface area contributed by atoms with E-state index in [-0.39, 0.29) is 5.41 Å². The summed E-state index contributed by atoms with van der Waals surface area (Å²) in [5, 5.41) is 0. The van der Waals surface area contributed by atoms with Gasteiger partial charge in [0.1, 0.15) is 11.5 Å². The summed E-state index contributed by atoms with van der Waals surface area (Å²) in [6.07, 6.45) is 0. The van der Waals surface area contributed by atoms with Crippen LogP contribution in [0.5, 0.6) is 11.5 Å². The zero-order chi connectivity index (χ0) is 14.0. The summed E-state index contributed by atoms with van der Waals surface area (Å²) < 4.78 is 5.96. The summed E-state index contributed by atoms with van der Waals surface area (Å²) in [5.41, 5.74) is 3.97. The molecule has 0 saturated carbocycles. The molecule has 2 aromatic rings. The van der Waals surface area contributed by atoms with Crippen LogP contribution in [0.1, 0.15) is 37.5 Å². The van der Waals surface area contributed by atoms with E-state index in [1.54, 1.807) is 0 Å². The third kappa shape index (κ3) is 3.17. The average Bonchev–Trinajstić information content (AvgIpc) is 2.30. The largest absolute Gasteiger partial charge is 0.457 e. The van der Waals surface area contributed by atoms with Gasteiger partial charge in [-0.15, -0.1) is 0 Å². The lowest BCUT2D eigenvalue weighted by Gasteiger charge is -2.22. The van der Waals surface area contributed by atoms with Crippen molar-refractivity contribution in [3.05, 3.63) is 59.2 Å². The van der Waals surface area contributed by atoms with Gasteiger partial charge in [-0.2, -0.15) is 0 Å². The fourth-order valence-electron chi connectivity index (χ4n) is 2.34. The second-order valence-corrected chi connectivity index (χ2v) is 6.09. The van der Waals surface area contributed by atoms with Crippen LogP contribution >= 0.6 is 0 Å². The van der Waals surface area contributed by atoms with E-state index in [1.807, 2.05) is 18.2 Å². The van der Waals surface area contributed by atoms with Crippen molar-refractivity contribution in [3.63, 3.8) is 0 Å². The molecule has 19 heavy (non-hydrogen) atoms. The fourth-order valence-corrected chi connectivity index (χ4v) is 2.34. The first-order valence-electron chi connectivity index (χ1n) is 6.72. The molecule has 2 aromatic carbocycles. The summed E-state index contributed by atoms with van der Waals surface area (Å²) in [6, 6.07) is 14.4. The number of hydrogen-bond donors (Lipinski definition) is 0. The van der Waals surface area contributed by atoms with Crippen molar-refractivity contribution in [2.24, 2.45) is 0 Å². The Hall–Kier alpha value is -1.76. The van der Waals surface area contributed by atoms with Crippen molar-refractivity contribution in [1.29, 1.82) is 0 Å². The molecule has 0 aliphatic rings. The van der Waals surface area contributed by atoms with E-state index in [4.69, 9.17) is 4.74 Å². The van der Waals surface area contributed by atoms with Crippen LogP contribution < -0.4 is 4.74 Å². The smallest absolute Gasteiger partial charge is 0.130 e. The predicted octanol–water partition coefficient (Wildman–Crippen LogP) is 5.39. The minimum atomic E-state index is 0.172. The SMILES string of the molecule is Cc1ccccc1Oc1ccc(C(C)(C)C)c(C)c1. The van der Waals surface area contributed by atoms with Gasteiger partial charge in [-0.05, 0) is 54.2 Å². The van der Waals surface area contributed by atoms with Crippen molar-refractivity contribution in [1.82, 2.24) is 0 Å². The molecule has 2 rings (SSSR count). The molecule has 1 heteroatoms. The third-order valence-corrected chi connectivity index (χ3v) is 3.33. The highest BCUT2D eigenvalue weighted by molar-refractivity contribution is 5.42. The highest BCUT2D eigenvalue weighted by Gasteiger charge is 2.16.